The van der Waals surface area contributed by atoms with Gasteiger partial charge in [0.05, 0.1) is 22.9 Å². The Morgan fingerprint density at radius 3 is 2.40 bits per heavy atom. The molecule has 9 rings (SSSR count). The van der Waals surface area contributed by atoms with E-state index in [1.165, 1.54) is 0 Å². The number of fused-ring (bicyclic) bond motifs is 2. The first kappa shape index (κ1) is 35.2. The molecule has 0 radical (unpaired) electrons. The van der Waals surface area contributed by atoms with Gasteiger partial charge < -0.3 is 19.7 Å². The van der Waals surface area contributed by atoms with E-state index in [0.717, 1.165) is 98.0 Å². The van der Waals surface area contributed by atoms with Crippen molar-refractivity contribution < 1.29 is 14.4 Å². The van der Waals surface area contributed by atoms with Crippen molar-refractivity contribution in [3.8, 4) is 0 Å². The van der Waals surface area contributed by atoms with Gasteiger partial charge in [-0.1, -0.05) is 25.0 Å². The van der Waals surface area contributed by atoms with Gasteiger partial charge >= 0.3 is 5.69 Å². The smallest absolute Gasteiger partial charge is 0.329 e. The predicted molar refractivity (Wildman–Crippen MR) is 209 cm³/mol. The van der Waals surface area contributed by atoms with Gasteiger partial charge in [-0.25, -0.2) is 14.8 Å². The topological polar surface area (TPSA) is 156 Å². The van der Waals surface area contributed by atoms with Crippen molar-refractivity contribution in [1.82, 2.24) is 43.8 Å². The molecule has 1 atom stereocenters. The number of para-hydroxylation sites is 1. The number of carbonyl (C=O) groups excluding carboxylic acids is 3. The van der Waals surface area contributed by atoms with E-state index in [4.69, 9.17) is 9.97 Å². The second kappa shape index (κ2) is 13.9. The van der Waals surface area contributed by atoms with Crippen molar-refractivity contribution in [3.63, 3.8) is 0 Å². The number of carbonyl (C=O) groups is 3. The summed E-state index contributed by atoms with van der Waals surface area (Å²) >= 11 is 0. The Labute approximate surface area is 318 Å². The number of piperidine rings is 2. The highest BCUT2D eigenvalue weighted by Crippen LogP contribution is 2.37. The van der Waals surface area contributed by atoms with Crippen molar-refractivity contribution in [1.29, 1.82) is 0 Å². The van der Waals surface area contributed by atoms with Crippen LogP contribution in [-0.2, 0) is 16.6 Å². The SMILES string of the molecule is CN(C)C(=O)c1cc2cnc(Nc3ccc(N4CCC(N5CC(c6cccc7c6n(C)c(=O)n7[C@@H]6CCC(=O)NC6=O)C5)CC4)cn3)nc2n1C1CCCC1. The Morgan fingerprint density at radius 2 is 1.69 bits per heavy atom. The maximum atomic E-state index is 13.4. The number of nitrogens with one attached hydrogen (secondary N) is 2. The standard InChI is InChI=1S/C40H47N11O4/c1-46(2)38(54)32-19-24-20-42-39(45-36(24)50(32)27-7-4-5-8-27)43-33-13-11-28(21-41-33)48-17-15-26(16-18-48)49-22-25(23-49)29-9-6-10-30-35(29)47(3)40(55)51(30)31-12-14-34(52)44-37(31)53/h6,9-11,13,19-21,25-27,31H,4-5,7-8,12,14-18,22-23H2,1-3H3,(H,44,52,53)(H,41,42,43,45)/t31-/m1/s1. The Bertz CT molecular complexity index is 2360. The highest BCUT2D eigenvalue weighted by Gasteiger charge is 2.38. The average molecular weight is 746 g/mol. The van der Waals surface area contributed by atoms with Crippen molar-refractivity contribution in [2.45, 2.75) is 75.4 Å². The quantitative estimate of drug-likeness (QED) is 0.222. The number of benzene rings is 1. The predicted octanol–water partition coefficient (Wildman–Crippen LogP) is 4.09. The third-order valence-electron chi connectivity index (χ3n) is 12.2. The number of amides is 3. The molecule has 0 unspecified atom stereocenters. The molecule has 1 aliphatic carbocycles. The van der Waals surface area contributed by atoms with Crippen LogP contribution in [0.3, 0.4) is 0 Å². The number of imide groups is 1. The number of rotatable bonds is 8. The van der Waals surface area contributed by atoms with Gasteiger partial charge in [0.15, 0.2) is 0 Å². The summed E-state index contributed by atoms with van der Waals surface area (Å²) in [4.78, 5) is 71.6. The lowest BCUT2D eigenvalue weighted by Gasteiger charge is -2.47. The van der Waals surface area contributed by atoms with E-state index in [0.29, 0.717) is 35.8 Å². The van der Waals surface area contributed by atoms with E-state index in [1.54, 1.807) is 41.4 Å². The molecule has 15 nitrogen and oxygen atoms in total. The molecule has 4 aliphatic rings. The zero-order valence-corrected chi connectivity index (χ0v) is 31.6. The third-order valence-corrected chi connectivity index (χ3v) is 12.2. The summed E-state index contributed by atoms with van der Waals surface area (Å²) < 4.78 is 5.35. The van der Waals surface area contributed by atoms with Crippen LogP contribution >= 0.6 is 0 Å². The molecule has 0 spiro atoms. The molecular formula is C40H47N11O4. The van der Waals surface area contributed by atoms with Gasteiger partial charge in [0.1, 0.15) is 23.2 Å². The lowest BCUT2D eigenvalue weighted by atomic mass is 9.87. The maximum Gasteiger partial charge on any atom is 0.329 e. The van der Waals surface area contributed by atoms with Gasteiger partial charge in [-0.2, -0.15) is 4.98 Å². The first-order valence-electron chi connectivity index (χ1n) is 19.5. The number of pyridine rings is 1. The van der Waals surface area contributed by atoms with Gasteiger partial charge in [-0.3, -0.25) is 33.7 Å². The molecule has 1 saturated carbocycles. The molecule has 15 heteroatoms. The van der Waals surface area contributed by atoms with Crippen LogP contribution in [0.5, 0.6) is 0 Å². The van der Waals surface area contributed by atoms with Crippen molar-refractivity contribution >= 4 is 57.2 Å². The minimum atomic E-state index is -0.686. The summed E-state index contributed by atoms with van der Waals surface area (Å²) in [5.41, 5.74) is 5.03. The number of aromatic nitrogens is 6. The molecule has 7 heterocycles. The fourth-order valence-electron chi connectivity index (χ4n) is 9.28. The number of aryl methyl sites for hydroxylation is 1. The van der Waals surface area contributed by atoms with Crippen LogP contribution in [-0.4, -0.2) is 102 Å². The molecule has 0 bridgehead atoms. The number of hydrogen-bond donors (Lipinski definition) is 2. The summed E-state index contributed by atoms with van der Waals surface area (Å²) in [5.74, 6) is 0.677. The molecule has 5 aromatic rings. The molecule has 4 fully saturated rings. The largest absolute Gasteiger partial charge is 0.370 e. The summed E-state index contributed by atoms with van der Waals surface area (Å²) in [7, 11) is 5.33. The molecule has 3 aliphatic heterocycles. The van der Waals surface area contributed by atoms with Crippen LogP contribution in [0.2, 0.25) is 0 Å². The monoisotopic (exact) mass is 745 g/mol. The van der Waals surface area contributed by atoms with Gasteiger partial charge in [0.2, 0.25) is 17.8 Å². The van der Waals surface area contributed by atoms with Gasteiger partial charge in [-0.05, 0) is 61.9 Å². The van der Waals surface area contributed by atoms with Gasteiger partial charge in [0.25, 0.3) is 5.91 Å². The molecule has 1 aromatic carbocycles. The number of nitrogens with zero attached hydrogens (tertiary/aromatic N) is 9. The van der Waals surface area contributed by atoms with Crippen LogP contribution in [0.25, 0.3) is 22.1 Å². The second-order valence-corrected chi connectivity index (χ2v) is 15.8. The highest BCUT2D eigenvalue weighted by atomic mass is 16.2. The molecule has 4 aromatic heterocycles. The van der Waals surface area contributed by atoms with Crippen molar-refractivity contribution in [3.05, 3.63) is 70.5 Å². The zero-order chi connectivity index (χ0) is 38.0. The molecule has 3 saturated heterocycles. The third kappa shape index (κ3) is 6.23. The lowest BCUT2D eigenvalue weighted by Crippen LogP contribution is -2.54. The molecular weight excluding hydrogens is 699 g/mol. The van der Waals surface area contributed by atoms with Crippen LogP contribution in [0.15, 0.2) is 53.6 Å². The molecule has 286 valence electrons. The van der Waals surface area contributed by atoms with E-state index in [-0.39, 0.29) is 30.0 Å². The van der Waals surface area contributed by atoms with Crippen LogP contribution in [0.1, 0.15) is 85.4 Å². The van der Waals surface area contributed by atoms with Crippen molar-refractivity contribution in [2.75, 3.05) is 50.5 Å². The summed E-state index contributed by atoms with van der Waals surface area (Å²) in [6.45, 7) is 3.72. The minimum Gasteiger partial charge on any atom is -0.370 e. The van der Waals surface area contributed by atoms with Crippen LogP contribution < -0.4 is 21.2 Å². The summed E-state index contributed by atoms with van der Waals surface area (Å²) in [6.07, 6.45) is 10.7. The zero-order valence-electron chi connectivity index (χ0n) is 31.6. The van der Waals surface area contributed by atoms with E-state index in [1.807, 2.05) is 30.5 Å². The normalized spacial score (nSPS) is 20.3. The van der Waals surface area contributed by atoms with Gasteiger partial charge in [-0.15, -0.1) is 0 Å². The van der Waals surface area contributed by atoms with Crippen LogP contribution in [0, 0.1) is 0 Å². The van der Waals surface area contributed by atoms with E-state index in [9.17, 15) is 19.2 Å². The van der Waals surface area contributed by atoms with Crippen molar-refractivity contribution in [2.24, 2.45) is 7.05 Å². The Kier molecular flexibility index (Phi) is 8.90. The average Bonchev–Trinajstić information content (AvgIpc) is 3.89. The van der Waals surface area contributed by atoms with E-state index < -0.39 is 11.9 Å². The second-order valence-electron chi connectivity index (χ2n) is 15.8. The van der Waals surface area contributed by atoms with E-state index >= 15 is 0 Å². The van der Waals surface area contributed by atoms with E-state index in [2.05, 4.69) is 42.1 Å². The molecule has 55 heavy (non-hydrogen) atoms. The molecule has 2 N–H and O–H groups in total. The highest BCUT2D eigenvalue weighted by molar-refractivity contribution is 6.00. The Balaban J connectivity index is 0.828. The summed E-state index contributed by atoms with van der Waals surface area (Å²) in [6, 6.07) is 12.0. The number of likely N-dealkylation sites (tertiary alicyclic amines) is 1. The number of anilines is 3. The Hall–Kier alpha value is -5.57. The fraction of sp³-hybridized carbons (Fsp3) is 0.475. The summed E-state index contributed by atoms with van der Waals surface area (Å²) in [5, 5.41) is 6.53. The fourth-order valence-corrected chi connectivity index (χ4v) is 9.28. The minimum absolute atomic E-state index is 0.0294. The first-order valence-corrected chi connectivity index (χ1v) is 19.5. The maximum absolute atomic E-state index is 13.4. The molecule has 3 amide bonds. The van der Waals surface area contributed by atoms with Gasteiger partial charge in [0, 0.05) is 83.3 Å². The van der Waals surface area contributed by atoms with Crippen LogP contribution in [0.4, 0.5) is 17.5 Å². The first-order chi connectivity index (χ1) is 26.6. The number of imidazole rings is 1. The lowest BCUT2D eigenvalue weighted by molar-refractivity contribution is -0.135. The Morgan fingerprint density at radius 1 is 0.909 bits per heavy atom. The number of hydrogen-bond acceptors (Lipinski definition) is 10.